The number of amides is 1. The lowest BCUT2D eigenvalue weighted by Gasteiger charge is -2.43. The van der Waals surface area contributed by atoms with Gasteiger partial charge in [-0.05, 0) is 37.6 Å². The number of carbonyl (C=O) groups excluding carboxylic acids is 1. The van der Waals surface area contributed by atoms with Crippen molar-refractivity contribution in [2.24, 2.45) is 0 Å². The van der Waals surface area contributed by atoms with E-state index >= 15 is 0 Å². The molecule has 0 N–H and O–H groups in total. The Balaban J connectivity index is 2.02. The van der Waals surface area contributed by atoms with E-state index in [2.05, 4.69) is 18.4 Å². The van der Waals surface area contributed by atoms with Gasteiger partial charge >= 0.3 is 0 Å². The Morgan fingerprint density at radius 2 is 1.95 bits per heavy atom. The number of rotatable bonds is 3. The van der Waals surface area contributed by atoms with E-state index in [0.717, 1.165) is 18.7 Å². The van der Waals surface area contributed by atoms with Crippen molar-refractivity contribution in [3.8, 4) is 0 Å². The molecule has 0 bridgehead atoms. The molecule has 0 aliphatic carbocycles. The minimum atomic E-state index is -0.212. The van der Waals surface area contributed by atoms with Crippen LogP contribution in [0.3, 0.4) is 0 Å². The fraction of sp³-hybridized carbons (Fsp3) is 0.438. The molecule has 0 radical (unpaired) electrons. The Labute approximate surface area is 119 Å². The number of benzene rings is 1. The molecule has 1 aromatic rings. The molecule has 0 saturated carbocycles. The first kappa shape index (κ1) is 14.7. The molecule has 20 heavy (non-hydrogen) atoms. The molecule has 1 heterocycles. The van der Waals surface area contributed by atoms with Crippen LogP contribution in [-0.2, 0) is 11.3 Å². The van der Waals surface area contributed by atoms with Gasteiger partial charge in [-0.1, -0.05) is 18.7 Å². The Kier molecular flexibility index (Phi) is 4.55. The van der Waals surface area contributed by atoms with E-state index in [-0.39, 0.29) is 23.8 Å². The second-order valence-electron chi connectivity index (χ2n) is 5.45. The highest BCUT2D eigenvalue weighted by Gasteiger charge is 2.30. The summed E-state index contributed by atoms with van der Waals surface area (Å²) in [6.07, 6.45) is 1.37. The number of hydrogen-bond acceptors (Lipinski definition) is 2. The van der Waals surface area contributed by atoms with E-state index in [0.29, 0.717) is 6.54 Å². The Hall–Kier alpha value is -1.68. The maximum atomic E-state index is 12.9. The second kappa shape index (κ2) is 6.18. The molecule has 0 spiro atoms. The molecule has 1 aromatic carbocycles. The van der Waals surface area contributed by atoms with Crippen LogP contribution in [-0.4, -0.2) is 40.9 Å². The van der Waals surface area contributed by atoms with Crippen LogP contribution in [0.2, 0.25) is 0 Å². The standard InChI is InChI=1S/C16H21FN2O/c1-4-16(20)19-10-12(2)18(9-13(19)3)11-14-5-7-15(17)8-6-14/h4-8,12-13H,1,9-11H2,2-3H3/t12-,13+/m0/s1. The molecule has 2 rings (SSSR count). The van der Waals surface area contributed by atoms with Crippen molar-refractivity contribution >= 4 is 5.91 Å². The molecular formula is C16H21FN2O. The van der Waals surface area contributed by atoms with Gasteiger partial charge in [-0.3, -0.25) is 9.69 Å². The third-order valence-electron chi connectivity index (χ3n) is 3.87. The predicted octanol–water partition coefficient (Wildman–Crippen LogP) is 2.43. The number of piperazine rings is 1. The van der Waals surface area contributed by atoms with E-state index in [4.69, 9.17) is 0 Å². The van der Waals surface area contributed by atoms with Crippen molar-refractivity contribution in [2.45, 2.75) is 32.5 Å². The van der Waals surface area contributed by atoms with Crippen molar-refractivity contribution < 1.29 is 9.18 Å². The molecule has 2 atom stereocenters. The van der Waals surface area contributed by atoms with Gasteiger partial charge in [0.15, 0.2) is 0 Å². The Bertz CT molecular complexity index is 486. The second-order valence-corrected chi connectivity index (χ2v) is 5.45. The molecule has 108 valence electrons. The van der Waals surface area contributed by atoms with Crippen LogP contribution in [0.25, 0.3) is 0 Å². The highest BCUT2D eigenvalue weighted by Crippen LogP contribution is 2.18. The van der Waals surface area contributed by atoms with Gasteiger partial charge in [0.2, 0.25) is 5.91 Å². The minimum Gasteiger partial charge on any atom is -0.334 e. The maximum absolute atomic E-state index is 12.9. The van der Waals surface area contributed by atoms with Crippen LogP contribution in [0, 0.1) is 5.82 Å². The van der Waals surface area contributed by atoms with E-state index in [9.17, 15) is 9.18 Å². The van der Waals surface area contributed by atoms with E-state index in [1.807, 2.05) is 24.0 Å². The van der Waals surface area contributed by atoms with Crippen LogP contribution in [0.1, 0.15) is 19.4 Å². The SMILES string of the molecule is C=CC(=O)N1C[C@H](C)N(Cc2ccc(F)cc2)C[C@H]1C. The molecule has 1 aliphatic heterocycles. The Morgan fingerprint density at radius 3 is 2.55 bits per heavy atom. The molecule has 1 aliphatic rings. The monoisotopic (exact) mass is 276 g/mol. The summed E-state index contributed by atoms with van der Waals surface area (Å²) in [5.41, 5.74) is 1.09. The summed E-state index contributed by atoms with van der Waals surface area (Å²) >= 11 is 0. The van der Waals surface area contributed by atoms with Gasteiger partial charge in [-0.25, -0.2) is 4.39 Å². The number of carbonyl (C=O) groups is 1. The molecular weight excluding hydrogens is 255 g/mol. The summed E-state index contributed by atoms with van der Waals surface area (Å²) in [4.78, 5) is 16.0. The summed E-state index contributed by atoms with van der Waals surface area (Å²) in [6, 6.07) is 7.04. The summed E-state index contributed by atoms with van der Waals surface area (Å²) in [6.45, 7) is 10.0. The molecule has 3 nitrogen and oxygen atoms in total. The van der Waals surface area contributed by atoms with Crippen LogP contribution in [0.15, 0.2) is 36.9 Å². The van der Waals surface area contributed by atoms with Gasteiger partial charge in [-0.15, -0.1) is 0 Å². The molecule has 1 amide bonds. The predicted molar refractivity (Wildman–Crippen MR) is 77.6 cm³/mol. The zero-order chi connectivity index (χ0) is 14.7. The fourth-order valence-corrected chi connectivity index (χ4v) is 2.67. The van der Waals surface area contributed by atoms with Gasteiger partial charge in [0.25, 0.3) is 0 Å². The summed E-state index contributed by atoms with van der Waals surface area (Å²) in [5.74, 6) is -0.220. The number of halogens is 1. The molecule has 4 heteroatoms. The van der Waals surface area contributed by atoms with Gasteiger partial charge in [0, 0.05) is 31.7 Å². The summed E-state index contributed by atoms with van der Waals surface area (Å²) < 4.78 is 12.9. The highest BCUT2D eigenvalue weighted by molar-refractivity contribution is 5.87. The van der Waals surface area contributed by atoms with Gasteiger partial charge < -0.3 is 4.90 Å². The van der Waals surface area contributed by atoms with Gasteiger partial charge in [0.1, 0.15) is 5.82 Å². The van der Waals surface area contributed by atoms with Gasteiger partial charge in [0.05, 0.1) is 0 Å². The molecule has 1 saturated heterocycles. The third kappa shape index (κ3) is 3.25. The van der Waals surface area contributed by atoms with Crippen molar-refractivity contribution in [3.63, 3.8) is 0 Å². The normalized spacial score (nSPS) is 23.6. The average Bonchev–Trinajstić information content (AvgIpc) is 2.44. The zero-order valence-electron chi connectivity index (χ0n) is 12.1. The first-order chi connectivity index (χ1) is 9.51. The first-order valence-corrected chi connectivity index (χ1v) is 6.92. The highest BCUT2D eigenvalue weighted by atomic mass is 19.1. The van der Waals surface area contributed by atoms with Crippen molar-refractivity contribution in [2.75, 3.05) is 13.1 Å². The molecule has 0 aromatic heterocycles. The largest absolute Gasteiger partial charge is 0.334 e. The smallest absolute Gasteiger partial charge is 0.246 e. The molecule has 1 fully saturated rings. The minimum absolute atomic E-state index is 0.00854. The topological polar surface area (TPSA) is 23.6 Å². The maximum Gasteiger partial charge on any atom is 0.246 e. The quantitative estimate of drug-likeness (QED) is 0.792. The first-order valence-electron chi connectivity index (χ1n) is 6.92. The lowest BCUT2D eigenvalue weighted by Crippen LogP contribution is -2.57. The van der Waals surface area contributed by atoms with Crippen LogP contribution < -0.4 is 0 Å². The molecule has 0 unspecified atom stereocenters. The van der Waals surface area contributed by atoms with Crippen molar-refractivity contribution in [1.82, 2.24) is 9.80 Å². The fourth-order valence-electron chi connectivity index (χ4n) is 2.67. The van der Waals surface area contributed by atoms with Crippen LogP contribution in [0.4, 0.5) is 4.39 Å². The van der Waals surface area contributed by atoms with E-state index in [1.54, 1.807) is 0 Å². The lowest BCUT2D eigenvalue weighted by atomic mass is 10.1. The summed E-state index contributed by atoms with van der Waals surface area (Å²) in [5, 5.41) is 0. The zero-order valence-corrected chi connectivity index (χ0v) is 12.1. The van der Waals surface area contributed by atoms with Crippen molar-refractivity contribution in [3.05, 3.63) is 48.3 Å². The lowest BCUT2D eigenvalue weighted by molar-refractivity contribution is -0.131. The third-order valence-corrected chi connectivity index (χ3v) is 3.87. The van der Waals surface area contributed by atoms with Crippen molar-refractivity contribution in [1.29, 1.82) is 0 Å². The van der Waals surface area contributed by atoms with E-state index in [1.165, 1.54) is 18.2 Å². The van der Waals surface area contributed by atoms with E-state index < -0.39 is 0 Å². The number of nitrogens with zero attached hydrogens (tertiary/aromatic N) is 2. The van der Waals surface area contributed by atoms with Crippen LogP contribution in [0.5, 0.6) is 0 Å². The van der Waals surface area contributed by atoms with Crippen LogP contribution >= 0.6 is 0 Å². The Morgan fingerprint density at radius 1 is 1.30 bits per heavy atom. The number of hydrogen-bond donors (Lipinski definition) is 0. The summed E-state index contributed by atoms with van der Waals surface area (Å²) in [7, 11) is 0. The average molecular weight is 276 g/mol. The van der Waals surface area contributed by atoms with Gasteiger partial charge in [-0.2, -0.15) is 0 Å².